The first kappa shape index (κ1) is 26.2. The highest BCUT2D eigenvalue weighted by molar-refractivity contribution is 7.80. The smallest absolute Gasteiger partial charge is 0.394 e. The van der Waals surface area contributed by atoms with Crippen molar-refractivity contribution in [2.24, 2.45) is 0 Å². The van der Waals surface area contributed by atoms with Crippen LogP contribution in [0.2, 0.25) is 0 Å². The summed E-state index contributed by atoms with van der Waals surface area (Å²) in [7, 11) is -9.33. The van der Waals surface area contributed by atoms with Gasteiger partial charge in [0.1, 0.15) is 24.4 Å². The van der Waals surface area contributed by atoms with Crippen LogP contribution in [0.5, 0.6) is 0 Å². The Labute approximate surface area is 142 Å². The second kappa shape index (κ2) is 10.9. The van der Waals surface area contributed by atoms with E-state index in [1.54, 1.807) is 0 Å². The largest absolute Gasteiger partial charge is 0.394 e. The van der Waals surface area contributed by atoms with Gasteiger partial charge in [0, 0.05) is 6.92 Å². The average molecular weight is 417 g/mol. The predicted molar refractivity (Wildman–Crippen MR) is 75.9 cm³/mol. The molecule has 1 rings (SSSR count). The molecule has 0 saturated carbocycles. The van der Waals surface area contributed by atoms with Crippen LogP contribution >= 0.6 is 0 Å². The van der Waals surface area contributed by atoms with Crippen molar-refractivity contribution in [1.29, 1.82) is 0 Å². The Bertz CT molecular complexity index is 556. The molecule has 1 fully saturated rings. The van der Waals surface area contributed by atoms with Crippen molar-refractivity contribution >= 4 is 26.7 Å². The molecule has 0 radical (unpaired) electrons. The van der Waals surface area contributed by atoms with Crippen LogP contribution in [0.25, 0.3) is 0 Å². The Kier molecular flexibility index (Phi) is 11.4. The van der Waals surface area contributed by atoms with Gasteiger partial charge in [0.05, 0.1) is 6.61 Å². The van der Waals surface area contributed by atoms with E-state index in [0.29, 0.717) is 0 Å². The molecule has 0 bridgehead atoms. The SMILES string of the molecule is CC(=O)N[C@H]1C(O)O[C@H](CO)[C@H](O)[C@@H]1O.O=S(=O)(O)O.O=S(=O)(O)O. The number of carbonyl (C=O) groups excluding carboxylic acids is 1. The summed E-state index contributed by atoms with van der Waals surface area (Å²) in [4.78, 5) is 10.7. The lowest BCUT2D eigenvalue weighted by Crippen LogP contribution is -2.63. The van der Waals surface area contributed by atoms with Gasteiger partial charge in [-0.05, 0) is 0 Å². The Morgan fingerprint density at radius 2 is 1.32 bits per heavy atom. The van der Waals surface area contributed by atoms with E-state index in [1.165, 1.54) is 6.92 Å². The first-order valence-corrected chi connectivity index (χ1v) is 8.74. The summed E-state index contributed by atoms with van der Waals surface area (Å²) in [5.74, 6) is -0.462. The monoisotopic (exact) mass is 417 g/mol. The van der Waals surface area contributed by atoms with E-state index in [1.807, 2.05) is 0 Å². The van der Waals surface area contributed by atoms with Crippen LogP contribution in [0, 0.1) is 0 Å². The minimum atomic E-state index is -4.67. The van der Waals surface area contributed by atoms with E-state index in [-0.39, 0.29) is 0 Å². The van der Waals surface area contributed by atoms with Gasteiger partial charge in [-0.3, -0.25) is 23.0 Å². The predicted octanol–water partition coefficient (Wildman–Crippen LogP) is -4.38. The maximum absolute atomic E-state index is 10.7. The lowest BCUT2D eigenvalue weighted by atomic mass is 9.97. The first-order valence-electron chi connectivity index (χ1n) is 5.94. The number of ether oxygens (including phenoxy) is 1. The van der Waals surface area contributed by atoms with Crippen molar-refractivity contribution in [3.8, 4) is 0 Å². The molecule has 1 heterocycles. The molecular weight excluding hydrogens is 398 g/mol. The lowest BCUT2D eigenvalue weighted by molar-refractivity contribution is -0.253. The molecule has 1 amide bonds. The van der Waals surface area contributed by atoms with Gasteiger partial charge in [-0.2, -0.15) is 16.8 Å². The lowest BCUT2D eigenvalue weighted by Gasteiger charge is -2.40. The quantitative estimate of drug-likeness (QED) is 0.192. The molecule has 0 spiro atoms. The van der Waals surface area contributed by atoms with Gasteiger partial charge >= 0.3 is 20.8 Å². The Balaban J connectivity index is 0. The van der Waals surface area contributed by atoms with E-state index >= 15 is 0 Å². The third-order valence-corrected chi connectivity index (χ3v) is 2.27. The van der Waals surface area contributed by atoms with E-state index in [4.69, 9.17) is 44.9 Å². The number of hydrogen-bond donors (Lipinski definition) is 9. The van der Waals surface area contributed by atoms with Gasteiger partial charge in [0.25, 0.3) is 0 Å². The minimum Gasteiger partial charge on any atom is -0.394 e. The van der Waals surface area contributed by atoms with Crippen LogP contribution in [0.1, 0.15) is 6.92 Å². The molecule has 1 aliphatic heterocycles. The molecule has 5 atom stereocenters. The summed E-state index contributed by atoms with van der Waals surface area (Å²) in [5, 5.41) is 39.4. The summed E-state index contributed by atoms with van der Waals surface area (Å²) < 4.78 is 68.0. The molecular formula is C8H19NO14S2. The standard InChI is InChI=1S/C8H15NO6.2H2O4S/c1-3(11)9-5-7(13)6(12)4(2-10)15-8(5)14;2*1-5(2,3)4/h4-8,10,12-14H,2H2,1H3,(H,9,11);2*(H2,1,2,3,4)/t4-,5-,6+,7-,8?;;/m1../s1. The van der Waals surface area contributed by atoms with Crippen LogP contribution in [0.4, 0.5) is 0 Å². The van der Waals surface area contributed by atoms with Crippen molar-refractivity contribution in [2.75, 3.05) is 6.61 Å². The summed E-state index contributed by atoms with van der Waals surface area (Å²) in [5.41, 5.74) is 0. The molecule has 152 valence electrons. The molecule has 17 heteroatoms. The van der Waals surface area contributed by atoms with Gasteiger partial charge < -0.3 is 30.5 Å². The molecule has 1 unspecified atom stereocenters. The van der Waals surface area contributed by atoms with Crippen LogP contribution in [0.15, 0.2) is 0 Å². The Morgan fingerprint density at radius 3 is 1.60 bits per heavy atom. The third-order valence-electron chi connectivity index (χ3n) is 2.27. The van der Waals surface area contributed by atoms with Gasteiger partial charge in [0.15, 0.2) is 6.29 Å². The second-order valence-electron chi connectivity index (χ2n) is 4.35. The third kappa shape index (κ3) is 16.2. The molecule has 0 aromatic carbocycles. The maximum Gasteiger partial charge on any atom is 0.394 e. The van der Waals surface area contributed by atoms with Crippen LogP contribution in [0.3, 0.4) is 0 Å². The fraction of sp³-hybridized carbons (Fsp3) is 0.875. The van der Waals surface area contributed by atoms with E-state index in [2.05, 4.69) is 5.32 Å². The molecule has 25 heavy (non-hydrogen) atoms. The highest BCUT2D eigenvalue weighted by atomic mass is 32.3. The van der Waals surface area contributed by atoms with Crippen molar-refractivity contribution in [3.63, 3.8) is 0 Å². The zero-order valence-electron chi connectivity index (χ0n) is 12.4. The topological polar surface area (TPSA) is 268 Å². The van der Waals surface area contributed by atoms with Gasteiger partial charge in [-0.25, -0.2) is 0 Å². The van der Waals surface area contributed by atoms with Gasteiger partial charge in [-0.1, -0.05) is 0 Å². The highest BCUT2D eigenvalue weighted by Gasteiger charge is 2.43. The fourth-order valence-corrected chi connectivity index (χ4v) is 1.49. The van der Waals surface area contributed by atoms with E-state index in [9.17, 15) is 20.1 Å². The Hall–Kier alpha value is -0.990. The van der Waals surface area contributed by atoms with E-state index < -0.39 is 64.0 Å². The van der Waals surface area contributed by atoms with Crippen LogP contribution < -0.4 is 5.32 Å². The van der Waals surface area contributed by atoms with Crippen LogP contribution in [-0.2, 0) is 30.3 Å². The molecule has 0 aliphatic carbocycles. The second-order valence-corrected chi connectivity index (χ2v) is 6.14. The molecule has 15 nitrogen and oxygen atoms in total. The summed E-state index contributed by atoms with van der Waals surface area (Å²) in [6.07, 6.45) is -5.24. The Morgan fingerprint density at radius 1 is 0.960 bits per heavy atom. The van der Waals surface area contributed by atoms with E-state index in [0.717, 1.165) is 0 Å². The fourth-order valence-electron chi connectivity index (χ4n) is 1.49. The number of aliphatic hydroxyl groups is 4. The zero-order chi connectivity index (χ0) is 20.6. The van der Waals surface area contributed by atoms with Crippen LogP contribution in [-0.4, -0.2) is 98.6 Å². The zero-order valence-corrected chi connectivity index (χ0v) is 14.1. The summed E-state index contributed by atoms with van der Waals surface area (Å²) in [6, 6.07) is -1.10. The van der Waals surface area contributed by atoms with Crippen molar-refractivity contribution in [2.45, 2.75) is 37.6 Å². The molecule has 9 N–H and O–H groups in total. The number of aliphatic hydroxyl groups excluding tert-OH is 4. The maximum atomic E-state index is 10.7. The number of carbonyl (C=O) groups is 1. The molecule has 1 saturated heterocycles. The molecule has 0 aromatic rings. The number of hydrogen-bond acceptors (Lipinski definition) is 10. The summed E-state index contributed by atoms with van der Waals surface area (Å²) in [6.45, 7) is 0.687. The van der Waals surface area contributed by atoms with Gasteiger partial charge in [0.2, 0.25) is 5.91 Å². The highest BCUT2D eigenvalue weighted by Crippen LogP contribution is 2.19. The molecule has 1 aliphatic rings. The van der Waals surface area contributed by atoms with Crippen molar-refractivity contribution < 1.29 is 65.0 Å². The summed E-state index contributed by atoms with van der Waals surface area (Å²) >= 11 is 0. The number of amides is 1. The number of rotatable bonds is 2. The average Bonchev–Trinajstić information content (AvgIpc) is 2.34. The molecule has 0 aromatic heterocycles. The normalized spacial score (nSPS) is 29.4. The number of nitrogens with one attached hydrogen (secondary N) is 1. The van der Waals surface area contributed by atoms with Gasteiger partial charge in [-0.15, -0.1) is 0 Å². The van der Waals surface area contributed by atoms with Crippen molar-refractivity contribution in [1.82, 2.24) is 5.32 Å². The first-order chi connectivity index (χ1) is 11.0. The minimum absolute atomic E-state index is 0.462. The van der Waals surface area contributed by atoms with Crippen molar-refractivity contribution in [3.05, 3.63) is 0 Å².